The van der Waals surface area contributed by atoms with E-state index in [1.165, 1.54) is 34.7 Å². The van der Waals surface area contributed by atoms with E-state index in [4.69, 9.17) is 4.98 Å². The van der Waals surface area contributed by atoms with E-state index >= 15 is 0 Å². The van der Waals surface area contributed by atoms with Crippen molar-refractivity contribution in [3.63, 3.8) is 0 Å². The van der Waals surface area contributed by atoms with Gasteiger partial charge in [-0.05, 0) is 91.9 Å². The average molecular weight is 452 g/mol. The third-order valence-electron chi connectivity index (χ3n) is 9.23. The lowest BCUT2D eigenvalue weighted by molar-refractivity contribution is 0.0110. The molecule has 0 unspecified atom stereocenters. The van der Waals surface area contributed by atoms with Crippen molar-refractivity contribution in [3.05, 3.63) is 46.7 Å². The molecule has 4 aliphatic rings. The molecular formula is C26H30FN3OS. The summed E-state index contributed by atoms with van der Waals surface area (Å²) in [7, 11) is 0. The summed E-state index contributed by atoms with van der Waals surface area (Å²) in [6.45, 7) is 4.82. The number of nitrogens with zero attached hydrogens (tertiary/aromatic N) is 2. The molecule has 0 amide bonds. The second-order valence-corrected chi connectivity index (χ2v) is 11.6. The first-order valence-corrected chi connectivity index (χ1v) is 12.7. The Kier molecular flexibility index (Phi) is 4.55. The van der Waals surface area contributed by atoms with Crippen LogP contribution in [0.4, 0.5) is 15.2 Å². The topological polar surface area (TPSA) is 57.5 Å². The first kappa shape index (κ1) is 20.4. The molecule has 0 radical (unpaired) electrons. The summed E-state index contributed by atoms with van der Waals surface area (Å²) < 4.78 is 13.6. The maximum Gasteiger partial charge on any atom is 0.187 e. The largest absolute Gasteiger partial charge is 0.411 e. The van der Waals surface area contributed by atoms with E-state index in [9.17, 15) is 9.60 Å². The SMILES string of the molecule is C[C@]12CCc3nc(Nc4cccc(F)c4)sc3C1=CC[C@@H]1[C@@H]2CC[C@]2(C)/C(=N/O)CC[C@@H]12. The number of aryl methyl sites for hydroxylation is 1. The number of hydrogen-bond acceptors (Lipinski definition) is 5. The van der Waals surface area contributed by atoms with E-state index in [0.717, 1.165) is 55.1 Å². The first-order chi connectivity index (χ1) is 15.4. The van der Waals surface area contributed by atoms with Crippen LogP contribution in [0, 0.1) is 34.4 Å². The lowest BCUT2D eigenvalue weighted by atomic mass is 9.48. The van der Waals surface area contributed by atoms with Gasteiger partial charge in [-0.15, -0.1) is 0 Å². The molecule has 2 fully saturated rings. The van der Waals surface area contributed by atoms with Crippen molar-refractivity contribution in [2.24, 2.45) is 33.7 Å². The van der Waals surface area contributed by atoms with Gasteiger partial charge in [0.15, 0.2) is 5.13 Å². The van der Waals surface area contributed by atoms with Crippen LogP contribution in [0.1, 0.15) is 62.9 Å². The van der Waals surface area contributed by atoms with Crippen LogP contribution in [0.15, 0.2) is 35.5 Å². The molecule has 0 spiro atoms. The normalized spacial score (nSPS) is 36.7. The molecule has 4 aliphatic carbocycles. The first-order valence-electron chi connectivity index (χ1n) is 11.9. The number of allylic oxidation sites excluding steroid dienone is 2. The van der Waals surface area contributed by atoms with E-state index in [-0.39, 0.29) is 16.6 Å². The third-order valence-corrected chi connectivity index (χ3v) is 10.3. The van der Waals surface area contributed by atoms with Crippen LogP contribution >= 0.6 is 11.3 Å². The van der Waals surface area contributed by atoms with Gasteiger partial charge in [0.05, 0.1) is 16.3 Å². The summed E-state index contributed by atoms with van der Waals surface area (Å²) in [5, 5.41) is 17.5. The van der Waals surface area contributed by atoms with E-state index in [0.29, 0.717) is 17.8 Å². The molecule has 0 saturated heterocycles. The van der Waals surface area contributed by atoms with E-state index < -0.39 is 0 Å². The highest BCUT2D eigenvalue weighted by Crippen LogP contribution is 2.65. The van der Waals surface area contributed by atoms with Gasteiger partial charge in [-0.2, -0.15) is 0 Å². The Morgan fingerprint density at radius 1 is 1.16 bits per heavy atom. The second-order valence-electron chi connectivity index (χ2n) is 10.6. The summed E-state index contributed by atoms with van der Waals surface area (Å²) in [5.41, 5.74) is 4.70. The maximum atomic E-state index is 13.6. The zero-order chi connectivity index (χ0) is 22.1. The molecule has 2 saturated carbocycles. The molecule has 1 aromatic heterocycles. The molecule has 6 rings (SSSR count). The molecular weight excluding hydrogens is 421 g/mol. The molecule has 6 heteroatoms. The molecule has 32 heavy (non-hydrogen) atoms. The van der Waals surface area contributed by atoms with Crippen LogP contribution < -0.4 is 5.32 Å². The van der Waals surface area contributed by atoms with Gasteiger partial charge in [0.25, 0.3) is 0 Å². The van der Waals surface area contributed by atoms with Crippen LogP contribution in [0.5, 0.6) is 0 Å². The van der Waals surface area contributed by atoms with Gasteiger partial charge in [-0.25, -0.2) is 9.37 Å². The summed E-state index contributed by atoms with van der Waals surface area (Å²) >= 11 is 1.72. The zero-order valence-corrected chi connectivity index (χ0v) is 19.5. The molecule has 4 nitrogen and oxygen atoms in total. The fourth-order valence-corrected chi connectivity index (χ4v) is 8.78. The maximum absolute atomic E-state index is 13.6. The van der Waals surface area contributed by atoms with Crippen LogP contribution in [-0.2, 0) is 6.42 Å². The van der Waals surface area contributed by atoms with Gasteiger partial charge in [-0.3, -0.25) is 0 Å². The number of oxime groups is 1. The third kappa shape index (κ3) is 2.84. The van der Waals surface area contributed by atoms with Crippen molar-refractivity contribution in [1.82, 2.24) is 4.98 Å². The summed E-state index contributed by atoms with van der Waals surface area (Å²) in [6, 6.07) is 6.57. The van der Waals surface area contributed by atoms with Crippen LogP contribution in [-0.4, -0.2) is 15.9 Å². The van der Waals surface area contributed by atoms with Gasteiger partial charge < -0.3 is 10.5 Å². The number of thiazole rings is 1. The Balaban J connectivity index is 1.33. The number of rotatable bonds is 2. The molecule has 2 aromatic rings. The number of nitrogens with one attached hydrogen (secondary N) is 1. The summed E-state index contributed by atoms with van der Waals surface area (Å²) in [5.74, 6) is 1.72. The van der Waals surface area contributed by atoms with Gasteiger partial charge in [0.1, 0.15) is 5.82 Å². The zero-order valence-electron chi connectivity index (χ0n) is 18.7. The van der Waals surface area contributed by atoms with E-state index in [2.05, 4.69) is 30.4 Å². The van der Waals surface area contributed by atoms with Gasteiger partial charge in [0.2, 0.25) is 0 Å². The minimum atomic E-state index is -0.240. The number of aromatic nitrogens is 1. The van der Waals surface area contributed by atoms with E-state index in [1.54, 1.807) is 17.4 Å². The van der Waals surface area contributed by atoms with Gasteiger partial charge in [-0.1, -0.05) is 42.5 Å². The number of anilines is 2. The molecule has 168 valence electrons. The average Bonchev–Trinajstić information content (AvgIpc) is 3.33. The minimum Gasteiger partial charge on any atom is -0.411 e. The van der Waals surface area contributed by atoms with Crippen molar-refractivity contribution in [2.45, 2.75) is 58.8 Å². The number of benzene rings is 1. The molecule has 0 aliphatic heterocycles. The Morgan fingerprint density at radius 3 is 2.81 bits per heavy atom. The summed E-state index contributed by atoms with van der Waals surface area (Å²) in [6.07, 6.45) is 10.2. The predicted octanol–water partition coefficient (Wildman–Crippen LogP) is 7.04. The van der Waals surface area contributed by atoms with Crippen molar-refractivity contribution in [3.8, 4) is 0 Å². The highest BCUT2D eigenvalue weighted by atomic mass is 32.1. The van der Waals surface area contributed by atoms with Crippen molar-refractivity contribution >= 4 is 33.4 Å². The lowest BCUT2D eigenvalue weighted by Crippen LogP contribution is -2.49. The van der Waals surface area contributed by atoms with Gasteiger partial charge >= 0.3 is 0 Å². The van der Waals surface area contributed by atoms with Crippen molar-refractivity contribution in [2.75, 3.05) is 5.32 Å². The fourth-order valence-electron chi connectivity index (χ4n) is 7.57. The number of fused-ring (bicyclic) bond motifs is 7. The monoisotopic (exact) mass is 451 g/mol. The highest BCUT2D eigenvalue weighted by molar-refractivity contribution is 7.16. The Morgan fingerprint density at radius 2 is 2.00 bits per heavy atom. The molecule has 1 aromatic carbocycles. The van der Waals surface area contributed by atoms with Crippen LogP contribution in [0.2, 0.25) is 0 Å². The Bertz CT molecular complexity index is 1140. The lowest BCUT2D eigenvalue weighted by Gasteiger charge is -2.56. The Hall–Kier alpha value is -2.21. The molecule has 1 heterocycles. The van der Waals surface area contributed by atoms with Crippen LogP contribution in [0.25, 0.3) is 5.57 Å². The van der Waals surface area contributed by atoms with Crippen LogP contribution in [0.3, 0.4) is 0 Å². The fraction of sp³-hybridized carbons (Fsp3) is 0.538. The Labute approximate surface area is 192 Å². The predicted molar refractivity (Wildman–Crippen MR) is 127 cm³/mol. The molecule has 2 N–H and O–H groups in total. The van der Waals surface area contributed by atoms with E-state index in [1.807, 2.05) is 6.07 Å². The minimum absolute atomic E-state index is 0.0734. The molecule has 0 bridgehead atoms. The smallest absolute Gasteiger partial charge is 0.187 e. The van der Waals surface area contributed by atoms with Gasteiger partial charge in [0, 0.05) is 11.1 Å². The summed E-state index contributed by atoms with van der Waals surface area (Å²) in [4.78, 5) is 6.22. The quantitative estimate of drug-likeness (QED) is 0.380. The number of halogens is 1. The second kappa shape index (κ2) is 7.14. The highest BCUT2D eigenvalue weighted by Gasteiger charge is 2.58. The molecule has 5 atom stereocenters. The number of hydrogen-bond donors (Lipinski definition) is 2. The van der Waals surface area contributed by atoms with Crippen molar-refractivity contribution in [1.29, 1.82) is 0 Å². The standard InChI is InChI=1S/C26H30FN3OS/c1-25-13-11-21-23(32-24(29-21)28-16-5-3-4-15(27)14-16)20(25)7-6-17-18-8-9-22(30-31)26(18,2)12-10-19(17)25/h3-5,7,14,17-19,31H,6,8-13H2,1-2H3,(H,28,29)/b30-22+/t17-,18-,19-,25+,26-/m0/s1. The van der Waals surface area contributed by atoms with Crippen molar-refractivity contribution < 1.29 is 9.60 Å².